The number of fused-ring (bicyclic) bond motifs is 1. The van der Waals surface area contributed by atoms with Crippen LogP contribution in [-0.4, -0.2) is 35.2 Å². The second-order valence-electron chi connectivity index (χ2n) is 7.54. The molecule has 0 saturated heterocycles. The predicted octanol–water partition coefficient (Wildman–Crippen LogP) is 2.33. The van der Waals surface area contributed by atoms with E-state index < -0.39 is 0 Å². The van der Waals surface area contributed by atoms with Crippen LogP contribution in [0.3, 0.4) is 0 Å². The minimum atomic E-state index is -0.221. The van der Waals surface area contributed by atoms with Gasteiger partial charge in [-0.25, -0.2) is 9.67 Å². The molecule has 1 aromatic carbocycles. The SMILES string of the molecule is CCn1nc(C)cc1NC(=O)Cn1cnc2c(NC(C)c3ccc(N)cc3)nc(N)nc21. The van der Waals surface area contributed by atoms with E-state index in [0.29, 0.717) is 35.0 Å². The van der Waals surface area contributed by atoms with E-state index in [4.69, 9.17) is 11.5 Å². The van der Waals surface area contributed by atoms with Gasteiger partial charge in [0.1, 0.15) is 12.4 Å². The average Bonchev–Trinajstić information content (AvgIpc) is 3.31. The average molecular weight is 435 g/mol. The van der Waals surface area contributed by atoms with Crippen LogP contribution in [0.15, 0.2) is 36.7 Å². The number of aromatic nitrogens is 6. The van der Waals surface area contributed by atoms with Gasteiger partial charge >= 0.3 is 0 Å². The van der Waals surface area contributed by atoms with Crippen molar-refractivity contribution in [3.8, 4) is 0 Å². The van der Waals surface area contributed by atoms with Crippen molar-refractivity contribution >= 4 is 40.3 Å². The van der Waals surface area contributed by atoms with Gasteiger partial charge in [-0.2, -0.15) is 15.1 Å². The van der Waals surface area contributed by atoms with Crippen molar-refractivity contribution in [1.29, 1.82) is 0 Å². The van der Waals surface area contributed by atoms with Crippen LogP contribution >= 0.6 is 0 Å². The number of nitrogens with one attached hydrogen (secondary N) is 2. The van der Waals surface area contributed by atoms with Crippen molar-refractivity contribution < 1.29 is 4.79 Å². The molecule has 1 amide bonds. The quantitative estimate of drug-likeness (QED) is 0.323. The Morgan fingerprint density at radius 3 is 2.66 bits per heavy atom. The fourth-order valence-electron chi connectivity index (χ4n) is 3.47. The van der Waals surface area contributed by atoms with E-state index in [1.54, 1.807) is 15.6 Å². The van der Waals surface area contributed by atoms with E-state index in [-0.39, 0.29) is 24.4 Å². The lowest BCUT2D eigenvalue weighted by Crippen LogP contribution is -2.20. The first-order valence-electron chi connectivity index (χ1n) is 10.3. The highest BCUT2D eigenvalue weighted by molar-refractivity contribution is 5.91. The van der Waals surface area contributed by atoms with Crippen molar-refractivity contribution in [3.05, 3.63) is 47.9 Å². The van der Waals surface area contributed by atoms with Crippen LogP contribution in [-0.2, 0) is 17.9 Å². The highest BCUT2D eigenvalue weighted by Gasteiger charge is 2.17. The second-order valence-corrected chi connectivity index (χ2v) is 7.54. The number of nitrogen functional groups attached to an aromatic ring is 2. The number of hydrogen-bond acceptors (Lipinski definition) is 8. The molecule has 11 heteroatoms. The molecule has 3 heterocycles. The lowest BCUT2D eigenvalue weighted by atomic mass is 10.1. The smallest absolute Gasteiger partial charge is 0.245 e. The second kappa shape index (κ2) is 8.53. The number of anilines is 4. The molecule has 0 aliphatic heterocycles. The summed E-state index contributed by atoms with van der Waals surface area (Å²) in [5, 5.41) is 10.6. The van der Waals surface area contributed by atoms with Crippen molar-refractivity contribution in [3.63, 3.8) is 0 Å². The van der Waals surface area contributed by atoms with Gasteiger partial charge in [0.15, 0.2) is 17.0 Å². The molecule has 0 spiro atoms. The molecule has 0 aliphatic carbocycles. The van der Waals surface area contributed by atoms with Crippen LogP contribution in [0.5, 0.6) is 0 Å². The summed E-state index contributed by atoms with van der Waals surface area (Å²) in [4.78, 5) is 25.7. The Bertz CT molecular complexity index is 1260. The first-order chi connectivity index (χ1) is 15.3. The van der Waals surface area contributed by atoms with Gasteiger partial charge in [-0.1, -0.05) is 12.1 Å². The lowest BCUT2D eigenvalue weighted by molar-refractivity contribution is -0.116. The van der Waals surface area contributed by atoms with Crippen molar-refractivity contribution in [2.75, 3.05) is 22.1 Å². The fourth-order valence-corrected chi connectivity index (χ4v) is 3.47. The molecule has 32 heavy (non-hydrogen) atoms. The summed E-state index contributed by atoms with van der Waals surface area (Å²) in [6.45, 7) is 6.52. The van der Waals surface area contributed by atoms with Gasteiger partial charge < -0.3 is 26.7 Å². The maximum atomic E-state index is 12.7. The highest BCUT2D eigenvalue weighted by Crippen LogP contribution is 2.25. The van der Waals surface area contributed by atoms with Crippen LogP contribution in [0.25, 0.3) is 11.2 Å². The lowest BCUT2D eigenvalue weighted by Gasteiger charge is -2.15. The van der Waals surface area contributed by atoms with E-state index in [2.05, 4.69) is 30.7 Å². The molecule has 1 unspecified atom stereocenters. The Labute approximate surface area is 184 Å². The molecule has 11 nitrogen and oxygen atoms in total. The van der Waals surface area contributed by atoms with Crippen molar-refractivity contribution in [2.45, 2.75) is 39.9 Å². The molecule has 0 bridgehead atoms. The molecule has 0 fully saturated rings. The fraction of sp³-hybridized carbons (Fsp3) is 0.286. The monoisotopic (exact) mass is 434 g/mol. The minimum Gasteiger partial charge on any atom is -0.399 e. The molecule has 166 valence electrons. The highest BCUT2D eigenvalue weighted by atomic mass is 16.2. The summed E-state index contributed by atoms with van der Waals surface area (Å²) in [5.74, 6) is 1.01. The van der Waals surface area contributed by atoms with Gasteiger partial charge in [0.25, 0.3) is 0 Å². The normalized spacial score (nSPS) is 12.1. The summed E-state index contributed by atoms with van der Waals surface area (Å²) < 4.78 is 3.38. The number of benzene rings is 1. The third kappa shape index (κ3) is 4.31. The molecular weight excluding hydrogens is 408 g/mol. The summed E-state index contributed by atoms with van der Waals surface area (Å²) in [5.41, 5.74) is 15.3. The Morgan fingerprint density at radius 1 is 1.19 bits per heavy atom. The van der Waals surface area contributed by atoms with E-state index in [1.807, 2.05) is 51.1 Å². The van der Waals surface area contributed by atoms with E-state index in [1.165, 1.54) is 0 Å². The summed E-state index contributed by atoms with van der Waals surface area (Å²) >= 11 is 0. The number of amides is 1. The maximum absolute atomic E-state index is 12.7. The number of imidazole rings is 1. The largest absolute Gasteiger partial charge is 0.399 e. The summed E-state index contributed by atoms with van der Waals surface area (Å²) in [7, 11) is 0. The van der Waals surface area contributed by atoms with Gasteiger partial charge in [0, 0.05) is 18.3 Å². The molecule has 3 aromatic heterocycles. The number of hydrogen-bond donors (Lipinski definition) is 4. The van der Waals surface area contributed by atoms with E-state index in [0.717, 1.165) is 11.3 Å². The molecule has 0 radical (unpaired) electrons. The van der Waals surface area contributed by atoms with Crippen molar-refractivity contribution in [2.24, 2.45) is 0 Å². The van der Waals surface area contributed by atoms with Gasteiger partial charge in [0.05, 0.1) is 18.1 Å². The first-order valence-corrected chi connectivity index (χ1v) is 10.3. The standard InChI is InChI=1S/C21H26N10O/c1-4-31-16(9-12(2)29-31)26-17(32)10-30-11-24-18-19(27-21(23)28-20(18)30)25-13(3)14-5-7-15(22)8-6-14/h5-9,11,13H,4,10,22H2,1-3H3,(H,26,32)(H3,23,25,27,28). The summed E-state index contributed by atoms with van der Waals surface area (Å²) in [6, 6.07) is 9.34. The van der Waals surface area contributed by atoms with Crippen LogP contribution in [0.4, 0.5) is 23.3 Å². The van der Waals surface area contributed by atoms with Crippen molar-refractivity contribution in [1.82, 2.24) is 29.3 Å². The third-order valence-corrected chi connectivity index (χ3v) is 5.05. The van der Waals surface area contributed by atoms with E-state index >= 15 is 0 Å². The van der Waals surface area contributed by atoms with Crippen LogP contribution in [0, 0.1) is 6.92 Å². The predicted molar refractivity (Wildman–Crippen MR) is 124 cm³/mol. The topological polar surface area (TPSA) is 155 Å². The zero-order valence-corrected chi connectivity index (χ0v) is 18.2. The van der Waals surface area contributed by atoms with Crippen LogP contribution in [0.1, 0.15) is 31.1 Å². The Balaban J connectivity index is 1.56. The number of aryl methyl sites for hydroxylation is 2. The molecular formula is C21H26N10O. The molecule has 1 atom stereocenters. The van der Waals surface area contributed by atoms with Gasteiger partial charge in [-0.3, -0.25) is 4.79 Å². The third-order valence-electron chi connectivity index (χ3n) is 5.05. The zero-order valence-electron chi connectivity index (χ0n) is 18.2. The Hall–Kier alpha value is -4.15. The first kappa shape index (κ1) is 21.1. The van der Waals surface area contributed by atoms with Crippen LogP contribution in [0.2, 0.25) is 0 Å². The molecule has 0 aliphatic rings. The zero-order chi connectivity index (χ0) is 22.8. The minimum absolute atomic E-state index is 0.0217. The Morgan fingerprint density at radius 2 is 1.94 bits per heavy atom. The van der Waals surface area contributed by atoms with E-state index in [9.17, 15) is 4.79 Å². The summed E-state index contributed by atoms with van der Waals surface area (Å²) in [6.07, 6.45) is 1.56. The van der Waals surface area contributed by atoms with Gasteiger partial charge in [0.2, 0.25) is 11.9 Å². The number of rotatable bonds is 7. The molecule has 6 N–H and O–H groups in total. The number of carbonyl (C=O) groups excluding carboxylic acids is 1. The number of nitrogens with two attached hydrogens (primary N) is 2. The van der Waals surface area contributed by atoms with Gasteiger partial charge in [-0.15, -0.1) is 0 Å². The molecule has 0 saturated carbocycles. The molecule has 4 aromatic rings. The molecule has 4 rings (SSSR count). The van der Waals surface area contributed by atoms with Crippen LogP contribution < -0.4 is 22.1 Å². The Kier molecular flexibility index (Phi) is 5.63. The number of nitrogens with zero attached hydrogens (tertiary/aromatic N) is 6. The van der Waals surface area contributed by atoms with Gasteiger partial charge in [-0.05, 0) is 38.5 Å². The number of carbonyl (C=O) groups is 1. The maximum Gasteiger partial charge on any atom is 0.245 e.